The maximum Gasteiger partial charge on any atom is 0.130 e. The Labute approximate surface area is 85.9 Å². The Bertz CT molecular complexity index is 322. The summed E-state index contributed by atoms with van der Waals surface area (Å²) in [5, 5.41) is 9.76. The first-order valence-electron chi connectivity index (χ1n) is 4.67. The third-order valence-electron chi connectivity index (χ3n) is 2.53. The van der Waals surface area contributed by atoms with Gasteiger partial charge in [-0.15, -0.1) is 0 Å². The fourth-order valence-corrected chi connectivity index (χ4v) is 2.58. The maximum atomic E-state index is 9.76. The molecule has 1 atom stereocenters. The van der Waals surface area contributed by atoms with E-state index in [-0.39, 0.29) is 6.10 Å². The van der Waals surface area contributed by atoms with Gasteiger partial charge >= 0.3 is 0 Å². The van der Waals surface area contributed by atoms with E-state index in [0.29, 0.717) is 0 Å². The predicted molar refractivity (Wildman–Crippen MR) is 53.5 cm³/mol. The third-order valence-corrected chi connectivity index (χ3v) is 3.12. The highest BCUT2D eigenvalue weighted by Crippen LogP contribution is 2.31. The van der Waals surface area contributed by atoms with E-state index in [1.165, 1.54) is 0 Å². The van der Waals surface area contributed by atoms with Gasteiger partial charge in [-0.1, -0.05) is 6.92 Å². The van der Waals surface area contributed by atoms with Gasteiger partial charge in [0, 0.05) is 13.0 Å². The number of fused-ring (bicyclic) bond motifs is 1. The van der Waals surface area contributed by atoms with Gasteiger partial charge in [0.25, 0.3) is 0 Å². The van der Waals surface area contributed by atoms with Crippen LogP contribution in [0.15, 0.2) is 4.60 Å². The quantitative estimate of drug-likeness (QED) is 0.822. The summed E-state index contributed by atoms with van der Waals surface area (Å²) >= 11 is 3.39. The molecule has 1 unspecified atom stereocenters. The van der Waals surface area contributed by atoms with Crippen LogP contribution >= 0.6 is 15.9 Å². The molecule has 1 aromatic heterocycles. The fraction of sp³-hybridized carbons (Fsp3) is 0.667. The molecule has 0 saturated carbocycles. The number of hydrogen-bond acceptors (Lipinski definition) is 2. The number of rotatable bonds is 1. The van der Waals surface area contributed by atoms with E-state index in [1.807, 2.05) is 0 Å². The first kappa shape index (κ1) is 9.21. The molecule has 1 N–H and O–H groups in total. The minimum Gasteiger partial charge on any atom is -0.387 e. The second-order valence-corrected chi connectivity index (χ2v) is 4.12. The number of hydrogen-bond donors (Lipinski definition) is 1. The average Bonchev–Trinajstić information content (AvgIpc) is 2.44. The minimum absolute atomic E-state index is 0.337. The molecule has 1 aliphatic heterocycles. The Hall–Kier alpha value is -0.350. The highest BCUT2D eigenvalue weighted by Gasteiger charge is 2.24. The van der Waals surface area contributed by atoms with Crippen molar-refractivity contribution < 1.29 is 5.11 Å². The van der Waals surface area contributed by atoms with Crippen molar-refractivity contribution in [3.05, 3.63) is 16.1 Å². The third kappa shape index (κ3) is 1.42. The predicted octanol–water partition coefficient (Wildman–Crippen LogP) is 2.04. The van der Waals surface area contributed by atoms with E-state index >= 15 is 0 Å². The largest absolute Gasteiger partial charge is 0.387 e. The smallest absolute Gasteiger partial charge is 0.130 e. The summed E-state index contributed by atoms with van der Waals surface area (Å²) in [5.41, 5.74) is 0.961. The molecule has 3 nitrogen and oxygen atoms in total. The van der Waals surface area contributed by atoms with E-state index in [9.17, 15) is 5.11 Å². The van der Waals surface area contributed by atoms with E-state index in [2.05, 4.69) is 32.4 Å². The summed E-state index contributed by atoms with van der Waals surface area (Å²) in [7, 11) is 0. The lowest BCUT2D eigenvalue weighted by atomic mass is 10.1. The van der Waals surface area contributed by atoms with Crippen molar-refractivity contribution in [2.24, 2.45) is 0 Å². The molecule has 0 bridgehead atoms. The van der Waals surface area contributed by atoms with Crippen molar-refractivity contribution >= 4 is 15.9 Å². The zero-order chi connectivity index (χ0) is 9.42. The lowest BCUT2D eigenvalue weighted by Gasteiger charge is -2.21. The Morgan fingerprint density at radius 2 is 2.46 bits per heavy atom. The van der Waals surface area contributed by atoms with E-state index in [0.717, 1.165) is 41.9 Å². The van der Waals surface area contributed by atoms with Crippen LogP contribution in [0.2, 0.25) is 0 Å². The summed E-state index contributed by atoms with van der Waals surface area (Å²) in [6.45, 7) is 3.08. The first-order valence-corrected chi connectivity index (χ1v) is 5.46. The van der Waals surface area contributed by atoms with Crippen molar-refractivity contribution in [1.29, 1.82) is 0 Å². The lowest BCUT2D eigenvalue weighted by Crippen LogP contribution is -2.16. The number of aliphatic hydroxyl groups is 1. The van der Waals surface area contributed by atoms with Gasteiger partial charge in [-0.25, -0.2) is 4.98 Å². The van der Waals surface area contributed by atoms with Crippen molar-refractivity contribution in [3.63, 3.8) is 0 Å². The molecule has 13 heavy (non-hydrogen) atoms. The molecule has 1 aliphatic rings. The zero-order valence-electron chi connectivity index (χ0n) is 7.63. The second-order valence-electron chi connectivity index (χ2n) is 3.37. The van der Waals surface area contributed by atoms with Crippen LogP contribution in [0, 0.1) is 0 Å². The number of halogens is 1. The molecule has 4 heteroatoms. The fourth-order valence-electron chi connectivity index (χ4n) is 1.90. The van der Waals surface area contributed by atoms with Crippen LogP contribution in [0.5, 0.6) is 0 Å². The van der Waals surface area contributed by atoms with Crippen LogP contribution in [-0.4, -0.2) is 14.7 Å². The number of aryl methyl sites for hydroxylation is 1. The number of aromatic nitrogens is 2. The normalized spacial score (nSPS) is 21.6. The van der Waals surface area contributed by atoms with Gasteiger partial charge in [-0.2, -0.15) is 0 Å². The van der Waals surface area contributed by atoms with Crippen LogP contribution in [0.4, 0.5) is 0 Å². The molecular formula is C9H13BrN2O. The van der Waals surface area contributed by atoms with Crippen LogP contribution in [-0.2, 0) is 13.0 Å². The number of imidazole rings is 1. The van der Waals surface area contributed by atoms with Crippen LogP contribution < -0.4 is 0 Å². The summed E-state index contributed by atoms with van der Waals surface area (Å²) in [6, 6.07) is 0. The van der Waals surface area contributed by atoms with Crippen LogP contribution in [0.1, 0.15) is 37.4 Å². The molecule has 0 radical (unpaired) electrons. The molecule has 0 aliphatic carbocycles. The number of nitrogens with zero attached hydrogens (tertiary/aromatic N) is 2. The maximum absolute atomic E-state index is 9.76. The van der Waals surface area contributed by atoms with Crippen molar-refractivity contribution in [2.45, 2.75) is 38.8 Å². The van der Waals surface area contributed by atoms with Gasteiger partial charge in [-0.05, 0) is 28.8 Å². The Morgan fingerprint density at radius 1 is 1.69 bits per heavy atom. The average molecular weight is 245 g/mol. The van der Waals surface area contributed by atoms with E-state index in [4.69, 9.17) is 0 Å². The first-order chi connectivity index (χ1) is 6.24. The monoisotopic (exact) mass is 244 g/mol. The summed E-state index contributed by atoms with van der Waals surface area (Å²) in [4.78, 5) is 4.38. The van der Waals surface area contributed by atoms with Gasteiger partial charge in [0.1, 0.15) is 10.4 Å². The Kier molecular flexibility index (Phi) is 2.43. The summed E-state index contributed by atoms with van der Waals surface area (Å²) < 4.78 is 2.95. The Balaban J connectivity index is 2.51. The van der Waals surface area contributed by atoms with E-state index in [1.54, 1.807) is 0 Å². The second kappa shape index (κ2) is 3.42. The molecule has 1 aromatic rings. The standard InChI is InChI=1S/C9H13BrN2O/c1-2-7-11-9(10)8-6(13)4-3-5-12(7)8/h6,13H,2-5H2,1H3. The number of aliphatic hydroxyl groups excluding tert-OH is 1. The van der Waals surface area contributed by atoms with Crippen LogP contribution in [0.3, 0.4) is 0 Å². The molecular weight excluding hydrogens is 232 g/mol. The van der Waals surface area contributed by atoms with Gasteiger partial charge < -0.3 is 9.67 Å². The van der Waals surface area contributed by atoms with Crippen molar-refractivity contribution in [2.75, 3.05) is 0 Å². The molecule has 72 valence electrons. The molecule has 0 spiro atoms. The zero-order valence-corrected chi connectivity index (χ0v) is 9.21. The minimum atomic E-state index is -0.337. The summed E-state index contributed by atoms with van der Waals surface area (Å²) in [6.07, 6.45) is 2.49. The van der Waals surface area contributed by atoms with Crippen molar-refractivity contribution in [1.82, 2.24) is 9.55 Å². The lowest BCUT2D eigenvalue weighted by molar-refractivity contribution is 0.137. The molecule has 2 heterocycles. The van der Waals surface area contributed by atoms with Gasteiger partial charge in [-0.3, -0.25) is 0 Å². The van der Waals surface area contributed by atoms with Crippen molar-refractivity contribution in [3.8, 4) is 0 Å². The molecule has 2 rings (SSSR count). The highest BCUT2D eigenvalue weighted by molar-refractivity contribution is 9.10. The van der Waals surface area contributed by atoms with Gasteiger partial charge in [0.15, 0.2) is 0 Å². The SMILES string of the molecule is CCc1nc(Br)c2n1CCCC2O. The van der Waals surface area contributed by atoms with Crippen LogP contribution in [0.25, 0.3) is 0 Å². The molecule has 0 amide bonds. The molecule has 0 saturated heterocycles. The summed E-state index contributed by atoms with van der Waals surface area (Å²) in [5.74, 6) is 1.07. The Morgan fingerprint density at radius 3 is 3.15 bits per heavy atom. The van der Waals surface area contributed by atoms with E-state index < -0.39 is 0 Å². The highest BCUT2D eigenvalue weighted by atomic mass is 79.9. The topological polar surface area (TPSA) is 38.0 Å². The van der Waals surface area contributed by atoms with Gasteiger partial charge in [0.2, 0.25) is 0 Å². The molecule has 0 aromatic carbocycles. The van der Waals surface area contributed by atoms with Gasteiger partial charge in [0.05, 0.1) is 11.8 Å². The molecule has 0 fully saturated rings.